The van der Waals surface area contributed by atoms with E-state index in [0.717, 1.165) is 29.9 Å². The number of hydrogen-bond acceptors (Lipinski definition) is 3. The molecule has 1 saturated carbocycles. The fraction of sp³-hybridized carbons (Fsp3) is 0.632. The maximum Gasteiger partial charge on any atom is 0.315 e. The Bertz CT molecular complexity index is 527. The van der Waals surface area contributed by atoms with Gasteiger partial charge in [-0.05, 0) is 51.3 Å². The van der Waals surface area contributed by atoms with Gasteiger partial charge < -0.3 is 20.1 Å². The molecule has 134 valence electrons. The van der Waals surface area contributed by atoms with Crippen molar-refractivity contribution in [2.75, 3.05) is 13.2 Å². The molecule has 1 aliphatic rings. The molecule has 1 aromatic rings. The van der Waals surface area contributed by atoms with Gasteiger partial charge in [-0.3, -0.25) is 0 Å². The van der Waals surface area contributed by atoms with Crippen molar-refractivity contribution in [3.8, 4) is 11.5 Å². The van der Waals surface area contributed by atoms with Gasteiger partial charge in [-0.15, -0.1) is 0 Å². The topological polar surface area (TPSA) is 59.6 Å². The number of hydrogen-bond donors (Lipinski definition) is 2. The molecule has 1 atom stereocenters. The van der Waals surface area contributed by atoms with Crippen LogP contribution in [0, 0.1) is 0 Å². The average Bonchev–Trinajstić information content (AvgIpc) is 2.57. The van der Waals surface area contributed by atoms with Crippen LogP contribution in [0.3, 0.4) is 0 Å². The molecule has 0 aromatic heterocycles. The molecule has 0 aliphatic heterocycles. The van der Waals surface area contributed by atoms with E-state index < -0.39 is 0 Å². The maximum atomic E-state index is 12.2. The van der Waals surface area contributed by atoms with E-state index in [9.17, 15) is 4.79 Å². The van der Waals surface area contributed by atoms with Gasteiger partial charge in [0.2, 0.25) is 0 Å². The van der Waals surface area contributed by atoms with Crippen LogP contribution in [0.25, 0.3) is 0 Å². The molecule has 5 heteroatoms. The number of benzene rings is 1. The van der Waals surface area contributed by atoms with Gasteiger partial charge in [-0.25, -0.2) is 4.79 Å². The predicted molar refractivity (Wildman–Crippen MR) is 95.7 cm³/mol. The number of carbonyl (C=O) groups excluding carboxylic acids is 1. The van der Waals surface area contributed by atoms with Crippen LogP contribution < -0.4 is 20.1 Å². The van der Waals surface area contributed by atoms with E-state index >= 15 is 0 Å². The molecule has 2 N–H and O–H groups in total. The fourth-order valence-corrected chi connectivity index (χ4v) is 3.09. The van der Waals surface area contributed by atoms with Gasteiger partial charge in [0, 0.05) is 6.04 Å². The summed E-state index contributed by atoms with van der Waals surface area (Å²) in [5.74, 6) is 1.46. The first-order chi connectivity index (χ1) is 11.6. The minimum absolute atomic E-state index is 0.0940. The van der Waals surface area contributed by atoms with Crippen molar-refractivity contribution in [2.24, 2.45) is 0 Å². The van der Waals surface area contributed by atoms with Crippen molar-refractivity contribution in [2.45, 2.75) is 65.0 Å². The fourth-order valence-electron chi connectivity index (χ4n) is 3.09. The van der Waals surface area contributed by atoms with Crippen molar-refractivity contribution in [3.63, 3.8) is 0 Å². The Hall–Kier alpha value is -1.91. The highest BCUT2D eigenvalue weighted by atomic mass is 16.5. The van der Waals surface area contributed by atoms with Crippen molar-refractivity contribution < 1.29 is 14.3 Å². The van der Waals surface area contributed by atoms with Gasteiger partial charge >= 0.3 is 6.03 Å². The lowest BCUT2D eigenvalue weighted by atomic mass is 9.96. The Kier molecular flexibility index (Phi) is 7.22. The van der Waals surface area contributed by atoms with Crippen LogP contribution in [0.1, 0.15) is 64.5 Å². The van der Waals surface area contributed by atoms with Crippen LogP contribution in [0.2, 0.25) is 0 Å². The lowest BCUT2D eigenvalue weighted by molar-refractivity contribution is 0.229. The van der Waals surface area contributed by atoms with E-state index in [0.29, 0.717) is 19.3 Å². The molecule has 0 saturated heterocycles. The lowest BCUT2D eigenvalue weighted by Crippen LogP contribution is -2.43. The van der Waals surface area contributed by atoms with Gasteiger partial charge in [0.05, 0.1) is 19.3 Å². The zero-order valence-electron chi connectivity index (χ0n) is 15.1. The first-order valence-corrected chi connectivity index (χ1v) is 9.10. The summed E-state index contributed by atoms with van der Waals surface area (Å²) in [4.78, 5) is 12.2. The number of rotatable bonds is 7. The highest BCUT2D eigenvalue weighted by Crippen LogP contribution is 2.30. The second-order valence-electron chi connectivity index (χ2n) is 6.25. The van der Waals surface area contributed by atoms with Gasteiger partial charge in [-0.1, -0.05) is 25.3 Å². The highest BCUT2D eigenvalue weighted by molar-refractivity contribution is 5.74. The summed E-state index contributed by atoms with van der Waals surface area (Å²) >= 11 is 0. The van der Waals surface area contributed by atoms with E-state index in [4.69, 9.17) is 9.47 Å². The van der Waals surface area contributed by atoms with E-state index in [1.807, 2.05) is 39.0 Å². The van der Waals surface area contributed by atoms with E-state index in [-0.39, 0.29) is 12.1 Å². The molecule has 1 aliphatic carbocycles. The molecule has 2 rings (SSSR count). The summed E-state index contributed by atoms with van der Waals surface area (Å²) in [6.45, 7) is 7.04. The molecule has 0 unspecified atom stereocenters. The third-order valence-corrected chi connectivity index (χ3v) is 4.36. The molecule has 0 heterocycles. The maximum absolute atomic E-state index is 12.2. The molecule has 2 amide bonds. The van der Waals surface area contributed by atoms with Gasteiger partial charge in [0.15, 0.2) is 11.5 Å². The van der Waals surface area contributed by atoms with Gasteiger partial charge in [0.1, 0.15) is 0 Å². The van der Waals surface area contributed by atoms with Crippen LogP contribution in [0.5, 0.6) is 11.5 Å². The lowest BCUT2D eigenvalue weighted by Gasteiger charge is -2.24. The Balaban J connectivity index is 1.96. The van der Waals surface area contributed by atoms with Crippen molar-refractivity contribution in [1.29, 1.82) is 0 Å². The van der Waals surface area contributed by atoms with Crippen LogP contribution in [-0.2, 0) is 0 Å². The zero-order valence-corrected chi connectivity index (χ0v) is 15.1. The second-order valence-corrected chi connectivity index (χ2v) is 6.25. The molecule has 0 radical (unpaired) electrons. The van der Waals surface area contributed by atoms with Crippen molar-refractivity contribution in [3.05, 3.63) is 23.8 Å². The normalized spacial score (nSPS) is 16.3. The summed E-state index contributed by atoms with van der Waals surface area (Å²) < 4.78 is 11.2. The summed E-state index contributed by atoms with van der Waals surface area (Å²) in [6, 6.07) is 5.94. The molecule has 1 fully saturated rings. The third-order valence-electron chi connectivity index (χ3n) is 4.36. The number of urea groups is 1. The van der Waals surface area contributed by atoms with Crippen molar-refractivity contribution >= 4 is 6.03 Å². The van der Waals surface area contributed by atoms with E-state index in [1.165, 1.54) is 19.3 Å². The third kappa shape index (κ3) is 5.32. The van der Waals surface area contributed by atoms with Crippen LogP contribution in [0.15, 0.2) is 18.2 Å². The summed E-state index contributed by atoms with van der Waals surface area (Å²) in [7, 11) is 0. The molecule has 1 aromatic carbocycles. The Morgan fingerprint density at radius 2 is 1.79 bits per heavy atom. The number of amides is 2. The summed E-state index contributed by atoms with van der Waals surface area (Å²) in [6.07, 6.45) is 5.86. The minimum Gasteiger partial charge on any atom is -0.490 e. The number of carbonyl (C=O) groups is 1. The van der Waals surface area contributed by atoms with Gasteiger partial charge in [-0.2, -0.15) is 0 Å². The zero-order chi connectivity index (χ0) is 17.4. The van der Waals surface area contributed by atoms with Crippen LogP contribution >= 0.6 is 0 Å². The average molecular weight is 334 g/mol. The molecule has 0 spiro atoms. The Morgan fingerprint density at radius 3 is 2.46 bits per heavy atom. The first kappa shape index (κ1) is 18.4. The largest absolute Gasteiger partial charge is 0.490 e. The minimum atomic E-state index is -0.0961. The van der Waals surface area contributed by atoms with Crippen LogP contribution in [-0.4, -0.2) is 25.3 Å². The summed E-state index contributed by atoms with van der Waals surface area (Å²) in [5, 5.41) is 6.10. The molecule has 24 heavy (non-hydrogen) atoms. The van der Waals surface area contributed by atoms with E-state index in [1.54, 1.807) is 0 Å². The predicted octanol–water partition coefficient (Wildman–Crippen LogP) is 4.18. The molecule has 5 nitrogen and oxygen atoms in total. The monoisotopic (exact) mass is 334 g/mol. The molecular formula is C19H30N2O3. The quantitative estimate of drug-likeness (QED) is 0.786. The summed E-state index contributed by atoms with van der Waals surface area (Å²) in [5.41, 5.74) is 1.00. The second kappa shape index (κ2) is 9.40. The molecular weight excluding hydrogens is 304 g/mol. The first-order valence-electron chi connectivity index (χ1n) is 9.10. The smallest absolute Gasteiger partial charge is 0.315 e. The molecule has 0 bridgehead atoms. The highest BCUT2D eigenvalue weighted by Gasteiger charge is 2.18. The standard InChI is InChI=1S/C19H30N2O3/c1-4-23-17-12-11-15(13-18(17)24-5-2)14(3)20-19(22)21-16-9-7-6-8-10-16/h11-14,16H,4-10H2,1-3H3,(H2,20,21,22)/t14-/m1/s1. The SMILES string of the molecule is CCOc1ccc([C@@H](C)NC(=O)NC2CCCCC2)cc1OCC. The Labute approximate surface area is 145 Å². The van der Waals surface area contributed by atoms with E-state index in [2.05, 4.69) is 10.6 Å². The number of nitrogens with one attached hydrogen (secondary N) is 2. The Morgan fingerprint density at radius 1 is 1.12 bits per heavy atom. The number of ether oxygens (including phenoxy) is 2. The van der Waals surface area contributed by atoms with Gasteiger partial charge in [0.25, 0.3) is 0 Å². The van der Waals surface area contributed by atoms with Crippen molar-refractivity contribution in [1.82, 2.24) is 10.6 Å². The van der Waals surface area contributed by atoms with Crippen LogP contribution in [0.4, 0.5) is 4.79 Å².